The van der Waals surface area contributed by atoms with Gasteiger partial charge in [0.15, 0.2) is 0 Å². The van der Waals surface area contributed by atoms with Crippen LogP contribution in [0.3, 0.4) is 0 Å². The number of halogens is 3. The highest BCUT2D eigenvalue weighted by molar-refractivity contribution is 7.09. The summed E-state index contributed by atoms with van der Waals surface area (Å²) >= 11 is 0.636. The fourth-order valence-electron chi connectivity index (χ4n) is 3.91. The monoisotopic (exact) mass is 516 g/mol. The summed E-state index contributed by atoms with van der Waals surface area (Å²) in [6.45, 7) is 2.79. The van der Waals surface area contributed by atoms with Crippen LogP contribution in [0.2, 0.25) is 0 Å². The van der Waals surface area contributed by atoms with Gasteiger partial charge < -0.3 is 18.8 Å². The summed E-state index contributed by atoms with van der Waals surface area (Å²) in [5, 5.41) is 0.0872. The van der Waals surface area contributed by atoms with Crippen molar-refractivity contribution < 1.29 is 22.7 Å². The van der Waals surface area contributed by atoms with Gasteiger partial charge in [0, 0.05) is 19.3 Å². The van der Waals surface area contributed by atoms with Crippen LogP contribution in [0.15, 0.2) is 53.7 Å². The molecule has 3 aromatic heterocycles. The van der Waals surface area contributed by atoms with Crippen LogP contribution in [-0.4, -0.2) is 54.0 Å². The molecular weight excluding hydrogens is 497 g/mol. The number of ether oxygens (including phenoxy) is 1. The molecule has 1 aliphatic rings. The first-order valence-electron chi connectivity index (χ1n) is 10.9. The molecule has 4 aromatic rings. The van der Waals surface area contributed by atoms with E-state index >= 15 is 0 Å². The summed E-state index contributed by atoms with van der Waals surface area (Å²) in [5.74, 6) is -1.16. The topological polar surface area (TPSA) is 95.1 Å². The van der Waals surface area contributed by atoms with Gasteiger partial charge in [-0.3, -0.25) is 9.59 Å². The van der Waals surface area contributed by atoms with Crippen LogP contribution < -0.4 is 10.3 Å². The molecule has 186 valence electrons. The van der Waals surface area contributed by atoms with Crippen LogP contribution in [0.1, 0.15) is 22.0 Å². The number of para-hydroxylation sites is 1. The molecule has 0 spiro atoms. The molecule has 0 atom stereocenters. The molecule has 9 nitrogen and oxygen atoms in total. The van der Waals surface area contributed by atoms with Gasteiger partial charge in [0.05, 0.1) is 24.1 Å². The van der Waals surface area contributed by atoms with E-state index in [1.165, 1.54) is 4.57 Å². The molecule has 1 aliphatic heterocycles. The number of aromatic nitrogens is 5. The number of nitrogens with zero attached hydrogens (tertiary/aromatic N) is 6. The van der Waals surface area contributed by atoms with E-state index in [0.717, 1.165) is 5.69 Å². The van der Waals surface area contributed by atoms with Crippen molar-refractivity contribution in [2.75, 3.05) is 19.7 Å². The highest BCUT2D eigenvalue weighted by Gasteiger charge is 2.36. The van der Waals surface area contributed by atoms with Crippen molar-refractivity contribution in [3.8, 4) is 22.0 Å². The number of amides is 1. The number of pyridine rings is 1. The van der Waals surface area contributed by atoms with Crippen molar-refractivity contribution in [3.05, 3.63) is 76.5 Å². The van der Waals surface area contributed by atoms with Gasteiger partial charge in [0.2, 0.25) is 5.82 Å². The lowest BCUT2D eigenvalue weighted by Gasteiger charge is -2.29. The molecule has 0 saturated heterocycles. The maximum atomic E-state index is 13.0. The zero-order chi connectivity index (χ0) is 25.4. The van der Waals surface area contributed by atoms with Crippen molar-refractivity contribution in [2.24, 2.45) is 0 Å². The minimum Gasteiger partial charge on any atom is -0.491 e. The number of alkyl halides is 3. The van der Waals surface area contributed by atoms with Crippen LogP contribution in [0, 0.1) is 6.92 Å². The van der Waals surface area contributed by atoms with E-state index in [-0.39, 0.29) is 35.3 Å². The molecule has 0 unspecified atom stereocenters. The second-order valence-electron chi connectivity index (χ2n) is 8.04. The Morgan fingerprint density at radius 3 is 2.64 bits per heavy atom. The fraction of sp³-hybridized carbons (Fsp3) is 0.261. The number of benzene rings is 1. The number of hydrogen-bond acceptors (Lipinski definition) is 7. The summed E-state index contributed by atoms with van der Waals surface area (Å²) in [6, 6.07) is 9.79. The van der Waals surface area contributed by atoms with E-state index in [9.17, 15) is 22.8 Å². The molecule has 0 radical (unpaired) electrons. The third-order valence-corrected chi connectivity index (χ3v) is 6.41. The van der Waals surface area contributed by atoms with E-state index in [1.54, 1.807) is 58.4 Å². The lowest BCUT2D eigenvalue weighted by molar-refractivity contribution is -0.144. The molecule has 0 saturated carbocycles. The van der Waals surface area contributed by atoms with E-state index in [1.807, 2.05) is 6.92 Å². The number of hydrogen-bond donors (Lipinski definition) is 0. The van der Waals surface area contributed by atoms with Gasteiger partial charge in [-0.15, -0.1) is 0 Å². The highest BCUT2D eigenvalue weighted by Crippen LogP contribution is 2.35. The molecule has 1 aromatic carbocycles. The number of carbonyl (C=O) groups excluding carboxylic acids is 1. The third kappa shape index (κ3) is 4.49. The van der Waals surface area contributed by atoms with Crippen molar-refractivity contribution in [1.29, 1.82) is 0 Å². The first-order valence-corrected chi connectivity index (χ1v) is 11.7. The number of carbonyl (C=O) groups is 1. The van der Waals surface area contributed by atoms with Gasteiger partial charge in [-0.1, -0.05) is 12.1 Å². The summed E-state index contributed by atoms with van der Waals surface area (Å²) < 4.78 is 51.0. The molecule has 0 N–H and O–H groups in total. The van der Waals surface area contributed by atoms with Gasteiger partial charge in [-0.05, 0) is 42.7 Å². The Morgan fingerprint density at radius 2 is 1.92 bits per heavy atom. The number of aryl methyl sites for hydroxylation is 1. The highest BCUT2D eigenvalue weighted by atomic mass is 32.1. The number of imidazole rings is 1. The van der Waals surface area contributed by atoms with E-state index in [2.05, 4.69) is 14.3 Å². The van der Waals surface area contributed by atoms with E-state index < -0.39 is 12.0 Å². The first kappa shape index (κ1) is 23.7. The third-order valence-electron chi connectivity index (χ3n) is 5.66. The van der Waals surface area contributed by atoms with Crippen molar-refractivity contribution in [1.82, 2.24) is 28.4 Å². The molecule has 5 rings (SSSR count). The van der Waals surface area contributed by atoms with Crippen LogP contribution in [0.4, 0.5) is 13.2 Å². The zero-order valence-corrected chi connectivity index (χ0v) is 19.7. The predicted octanol–water partition coefficient (Wildman–Crippen LogP) is 3.41. The molecule has 36 heavy (non-hydrogen) atoms. The SMILES string of the molecule is Cc1cn(-c2ccc3n(c2=O)CCN(CCOc2ccccc2-c2nc(C(F)(F)F)ns2)C3=O)cn1. The molecule has 0 aliphatic carbocycles. The standard InChI is InChI=1S/C23H19F3N6O3S/c1-14-12-31(13-27-14)16-6-7-17-20(33)30(8-9-32(17)21(16)34)10-11-35-18-5-3-2-4-15(18)19-28-22(29-36-19)23(24,25)26/h2-7,12-13H,8-11H2,1H3. The maximum absolute atomic E-state index is 13.0. The quantitative estimate of drug-likeness (QED) is 0.390. The van der Waals surface area contributed by atoms with Crippen molar-refractivity contribution >= 4 is 17.4 Å². The maximum Gasteiger partial charge on any atom is 0.452 e. The largest absolute Gasteiger partial charge is 0.491 e. The van der Waals surface area contributed by atoms with Crippen LogP contribution in [0.5, 0.6) is 5.75 Å². The average molecular weight is 517 g/mol. The van der Waals surface area contributed by atoms with Gasteiger partial charge >= 0.3 is 6.18 Å². The molecule has 0 bridgehead atoms. The van der Waals surface area contributed by atoms with Crippen LogP contribution in [0.25, 0.3) is 16.3 Å². The molecule has 1 amide bonds. The van der Waals surface area contributed by atoms with Crippen molar-refractivity contribution in [3.63, 3.8) is 0 Å². The summed E-state index contributed by atoms with van der Waals surface area (Å²) in [4.78, 5) is 35.3. The lowest BCUT2D eigenvalue weighted by atomic mass is 10.2. The average Bonchev–Trinajstić information content (AvgIpc) is 3.51. The molecule has 0 fully saturated rings. The van der Waals surface area contributed by atoms with Gasteiger partial charge in [0.25, 0.3) is 11.5 Å². The van der Waals surface area contributed by atoms with E-state index in [0.29, 0.717) is 41.6 Å². The number of fused-ring (bicyclic) bond motifs is 1. The van der Waals surface area contributed by atoms with Gasteiger partial charge in [0.1, 0.15) is 28.7 Å². The first-order chi connectivity index (χ1) is 17.2. The second-order valence-corrected chi connectivity index (χ2v) is 8.79. The fourth-order valence-corrected chi connectivity index (χ4v) is 4.62. The zero-order valence-electron chi connectivity index (χ0n) is 18.9. The summed E-state index contributed by atoms with van der Waals surface area (Å²) in [5.41, 5.74) is 1.56. The molecule has 4 heterocycles. The Kier molecular flexibility index (Phi) is 6.08. The Hall–Kier alpha value is -4.00. The summed E-state index contributed by atoms with van der Waals surface area (Å²) in [7, 11) is 0. The van der Waals surface area contributed by atoms with Gasteiger partial charge in [-0.2, -0.15) is 17.5 Å². The normalized spacial score (nSPS) is 13.7. The lowest BCUT2D eigenvalue weighted by Crippen LogP contribution is -2.46. The Balaban J connectivity index is 1.28. The van der Waals surface area contributed by atoms with Crippen LogP contribution >= 0.6 is 11.5 Å². The predicted molar refractivity (Wildman–Crippen MR) is 124 cm³/mol. The van der Waals surface area contributed by atoms with Crippen molar-refractivity contribution in [2.45, 2.75) is 19.6 Å². The molecular formula is C23H19F3N6O3S. The smallest absolute Gasteiger partial charge is 0.452 e. The minimum absolute atomic E-state index is 0.0872. The minimum atomic E-state index is -4.63. The Morgan fingerprint density at radius 1 is 1.11 bits per heavy atom. The number of rotatable bonds is 6. The Labute approximate surface area is 206 Å². The molecule has 13 heteroatoms. The second kappa shape index (κ2) is 9.22. The van der Waals surface area contributed by atoms with Crippen LogP contribution in [-0.2, 0) is 12.7 Å². The Bertz CT molecular complexity index is 1490. The van der Waals surface area contributed by atoms with Gasteiger partial charge in [-0.25, -0.2) is 9.97 Å². The van der Waals surface area contributed by atoms with E-state index in [4.69, 9.17) is 4.74 Å². The summed E-state index contributed by atoms with van der Waals surface area (Å²) in [6.07, 6.45) is -1.34.